The van der Waals surface area contributed by atoms with E-state index < -0.39 is 6.10 Å². The summed E-state index contributed by atoms with van der Waals surface area (Å²) >= 11 is 0. The maximum absolute atomic E-state index is 12.8. The van der Waals surface area contributed by atoms with Crippen molar-refractivity contribution in [2.75, 3.05) is 13.2 Å². The molecule has 6 heteroatoms. The fourth-order valence-corrected chi connectivity index (χ4v) is 9.17. The SMILES string of the molecule is CC/C=C\C/C=C\C/C=C\C/C=C\CCCCCCCCCCCCCCCCCCCCCCC(=O)OCC(COC(=O)CCCCCCC)OC(=O)CCCCCCCCC/C=C\C/C=C\CCCCCC. The van der Waals surface area contributed by atoms with E-state index in [9.17, 15) is 14.4 Å². The zero-order valence-electron chi connectivity index (χ0n) is 49.1. The molecule has 0 aliphatic carbocycles. The highest BCUT2D eigenvalue weighted by atomic mass is 16.6. The summed E-state index contributed by atoms with van der Waals surface area (Å²) in [6, 6.07) is 0. The minimum absolute atomic E-state index is 0.0747. The first kappa shape index (κ1) is 70.8. The number of hydrogen-bond acceptors (Lipinski definition) is 6. The molecule has 0 aliphatic heterocycles. The van der Waals surface area contributed by atoms with Gasteiger partial charge in [0.25, 0.3) is 0 Å². The highest BCUT2D eigenvalue weighted by Gasteiger charge is 2.19. The molecule has 0 N–H and O–H groups in total. The number of allylic oxidation sites excluding steroid dienone is 12. The summed E-state index contributed by atoms with van der Waals surface area (Å²) < 4.78 is 16.8. The Morgan fingerprint density at radius 3 is 0.838 bits per heavy atom. The molecule has 0 aromatic rings. The van der Waals surface area contributed by atoms with Gasteiger partial charge in [-0.2, -0.15) is 0 Å². The van der Waals surface area contributed by atoms with E-state index in [0.29, 0.717) is 19.3 Å². The third-order valence-corrected chi connectivity index (χ3v) is 13.9. The number of unbranched alkanes of at least 4 members (excludes halogenated alkanes) is 35. The van der Waals surface area contributed by atoms with Gasteiger partial charge in [-0.3, -0.25) is 14.4 Å². The molecule has 0 saturated heterocycles. The Balaban J connectivity index is 3.93. The number of carbonyl (C=O) groups excluding carboxylic acids is 3. The van der Waals surface area contributed by atoms with Gasteiger partial charge in [-0.15, -0.1) is 0 Å². The Morgan fingerprint density at radius 2 is 0.527 bits per heavy atom. The Bertz CT molecular complexity index is 1370. The van der Waals surface area contributed by atoms with Crippen LogP contribution in [-0.2, 0) is 28.6 Å². The number of ether oxygens (including phenoxy) is 3. The van der Waals surface area contributed by atoms with Gasteiger partial charge >= 0.3 is 17.9 Å². The predicted octanol–water partition coefficient (Wildman–Crippen LogP) is 21.7. The summed E-state index contributed by atoms with van der Waals surface area (Å²) in [4.78, 5) is 37.9. The van der Waals surface area contributed by atoms with Crippen molar-refractivity contribution in [3.8, 4) is 0 Å². The molecule has 74 heavy (non-hydrogen) atoms. The Morgan fingerprint density at radius 1 is 0.284 bits per heavy atom. The first-order valence-corrected chi connectivity index (χ1v) is 31.9. The lowest BCUT2D eigenvalue weighted by molar-refractivity contribution is -0.167. The third kappa shape index (κ3) is 59.7. The molecule has 0 aromatic carbocycles. The van der Waals surface area contributed by atoms with Crippen LogP contribution in [-0.4, -0.2) is 37.2 Å². The average molecular weight is 1030 g/mol. The van der Waals surface area contributed by atoms with Crippen LogP contribution in [0.25, 0.3) is 0 Å². The summed E-state index contributed by atoms with van der Waals surface area (Å²) in [5, 5.41) is 0. The van der Waals surface area contributed by atoms with Crippen LogP contribution in [0.1, 0.15) is 323 Å². The van der Waals surface area contributed by atoms with Crippen LogP contribution >= 0.6 is 0 Å². The Hall–Kier alpha value is -3.15. The summed E-state index contributed by atoms with van der Waals surface area (Å²) in [6.45, 7) is 6.45. The zero-order valence-corrected chi connectivity index (χ0v) is 49.1. The molecule has 0 rings (SSSR count). The number of esters is 3. The minimum atomic E-state index is -0.773. The van der Waals surface area contributed by atoms with Crippen LogP contribution < -0.4 is 0 Å². The molecule has 0 radical (unpaired) electrons. The maximum atomic E-state index is 12.8. The number of rotatable bonds is 58. The van der Waals surface area contributed by atoms with Crippen LogP contribution in [0.3, 0.4) is 0 Å². The van der Waals surface area contributed by atoms with Gasteiger partial charge in [0.2, 0.25) is 0 Å². The second kappa shape index (κ2) is 62.4. The van der Waals surface area contributed by atoms with Gasteiger partial charge in [-0.05, 0) is 89.9 Å². The molecule has 0 spiro atoms. The van der Waals surface area contributed by atoms with Crippen molar-refractivity contribution in [1.29, 1.82) is 0 Å². The summed E-state index contributed by atoms with van der Waals surface area (Å²) in [5.74, 6) is -0.883. The van der Waals surface area contributed by atoms with E-state index in [2.05, 4.69) is 93.7 Å². The lowest BCUT2D eigenvalue weighted by Gasteiger charge is -2.18. The van der Waals surface area contributed by atoms with E-state index in [1.807, 2.05) is 0 Å². The predicted molar refractivity (Wildman–Crippen MR) is 321 cm³/mol. The van der Waals surface area contributed by atoms with Crippen LogP contribution in [0, 0.1) is 0 Å². The van der Waals surface area contributed by atoms with E-state index >= 15 is 0 Å². The molecule has 0 fully saturated rings. The summed E-state index contributed by atoms with van der Waals surface area (Å²) in [7, 11) is 0. The minimum Gasteiger partial charge on any atom is -0.462 e. The van der Waals surface area contributed by atoms with Crippen LogP contribution in [0.5, 0.6) is 0 Å². The average Bonchev–Trinajstić information content (AvgIpc) is 3.40. The molecule has 1 unspecified atom stereocenters. The van der Waals surface area contributed by atoms with Gasteiger partial charge in [0.15, 0.2) is 6.10 Å². The van der Waals surface area contributed by atoms with E-state index in [1.54, 1.807) is 0 Å². The van der Waals surface area contributed by atoms with Crippen molar-refractivity contribution in [3.63, 3.8) is 0 Å². The topological polar surface area (TPSA) is 78.9 Å². The molecule has 0 aliphatic rings. The van der Waals surface area contributed by atoms with Crippen molar-refractivity contribution in [3.05, 3.63) is 72.9 Å². The molecule has 1 atom stereocenters. The fraction of sp³-hybridized carbons (Fsp3) is 0.779. The molecular formula is C68H120O6. The largest absolute Gasteiger partial charge is 0.462 e. The second-order valence-electron chi connectivity index (χ2n) is 21.3. The highest BCUT2D eigenvalue weighted by Crippen LogP contribution is 2.17. The lowest BCUT2D eigenvalue weighted by atomic mass is 10.0. The molecule has 6 nitrogen and oxygen atoms in total. The Kier molecular flexibility index (Phi) is 59.7. The van der Waals surface area contributed by atoms with Crippen molar-refractivity contribution in [2.24, 2.45) is 0 Å². The van der Waals surface area contributed by atoms with E-state index in [1.165, 1.54) is 180 Å². The van der Waals surface area contributed by atoms with Crippen LogP contribution in [0.4, 0.5) is 0 Å². The first-order chi connectivity index (χ1) is 36.5. The van der Waals surface area contributed by atoms with Crippen molar-refractivity contribution >= 4 is 17.9 Å². The number of carbonyl (C=O) groups is 3. The first-order valence-electron chi connectivity index (χ1n) is 31.9. The van der Waals surface area contributed by atoms with E-state index in [4.69, 9.17) is 14.2 Å². The van der Waals surface area contributed by atoms with Gasteiger partial charge < -0.3 is 14.2 Å². The monoisotopic (exact) mass is 1030 g/mol. The fourth-order valence-electron chi connectivity index (χ4n) is 9.17. The van der Waals surface area contributed by atoms with Crippen molar-refractivity contribution in [1.82, 2.24) is 0 Å². The normalized spacial score (nSPS) is 12.5. The molecule has 0 heterocycles. The van der Waals surface area contributed by atoms with Gasteiger partial charge in [0.1, 0.15) is 13.2 Å². The standard InChI is InChI=1S/C68H120O6/c1-4-7-10-13-15-17-19-21-23-25-27-28-29-30-31-32-33-34-35-36-37-38-39-40-41-43-44-46-48-50-52-55-58-61-67(70)73-64-65(63-72-66(69)60-57-54-12-9-6-3)74-68(71)62-59-56-53-51-49-47-45-42-26-24-22-20-18-16-14-11-8-5-2/h7,10,15,17-18,20-21,23-24,26-28,65H,4-6,8-9,11-14,16,19,22,25,29-64H2,1-3H3/b10-7-,17-15-,20-18-,23-21-,26-24-,28-27-. The molecule has 428 valence electrons. The van der Waals surface area contributed by atoms with Crippen LogP contribution in [0.2, 0.25) is 0 Å². The maximum Gasteiger partial charge on any atom is 0.306 e. The highest BCUT2D eigenvalue weighted by molar-refractivity contribution is 5.71. The van der Waals surface area contributed by atoms with Gasteiger partial charge in [-0.25, -0.2) is 0 Å². The van der Waals surface area contributed by atoms with E-state index in [-0.39, 0.29) is 31.1 Å². The second-order valence-corrected chi connectivity index (χ2v) is 21.3. The summed E-state index contributed by atoms with van der Waals surface area (Å²) in [5.41, 5.74) is 0. The molecule has 0 bridgehead atoms. The van der Waals surface area contributed by atoms with Crippen molar-refractivity contribution < 1.29 is 28.6 Å². The lowest BCUT2D eigenvalue weighted by Crippen LogP contribution is -2.30. The molecule has 0 amide bonds. The Labute approximate surface area is 459 Å². The van der Waals surface area contributed by atoms with Crippen molar-refractivity contribution in [2.45, 2.75) is 329 Å². The van der Waals surface area contributed by atoms with Gasteiger partial charge in [-0.1, -0.05) is 286 Å². The third-order valence-electron chi connectivity index (χ3n) is 13.9. The molecular weight excluding hydrogens is 913 g/mol. The number of hydrogen-bond donors (Lipinski definition) is 0. The molecule has 0 saturated carbocycles. The van der Waals surface area contributed by atoms with Gasteiger partial charge in [0.05, 0.1) is 0 Å². The smallest absolute Gasteiger partial charge is 0.306 e. The van der Waals surface area contributed by atoms with E-state index in [0.717, 1.165) is 103 Å². The molecule has 0 aromatic heterocycles. The van der Waals surface area contributed by atoms with Crippen LogP contribution in [0.15, 0.2) is 72.9 Å². The summed E-state index contributed by atoms with van der Waals surface area (Å²) in [6.07, 6.45) is 81.1. The quantitative estimate of drug-likeness (QED) is 0.0261. The van der Waals surface area contributed by atoms with Gasteiger partial charge in [0, 0.05) is 19.3 Å². The zero-order chi connectivity index (χ0) is 53.6.